The number of rotatable bonds is 3. The molecule has 0 spiro atoms. The summed E-state index contributed by atoms with van der Waals surface area (Å²) in [6.45, 7) is 1.35. The highest BCUT2D eigenvalue weighted by Crippen LogP contribution is 2.21. The Kier molecular flexibility index (Phi) is 4.26. The van der Waals surface area contributed by atoms with E-state index in [-0.39, 0.29) is 11.9 Å². The van der Waals surface area contributed by atoms with Gasteiger partial charge in [-0.3, -0.25) is 4.79 Å². The van der Waals surface area contributed by atoms with Gasteiger partial charge in [0, 0.05) is 23.1 Å². The van der Waals surface area contributed by atoms with Crippen LogP contribution in [0.15, 0.2) is 18.2 Å². The van der Waals surface area contributed by atoms with Gasteiger partial charge in [-0.05, 0) is 30.5 Å². The Morgan fingerprint density at radius 3 is 2.94 bits per heavy atom. The van der Waals surface area contributed by atoms with E-state index in [9.17, 15) is 4.79 Å². The molecule has 1 heterocycles. The molecular formula is C12H14Cl2N2O. The monoisotopic (exact) mass is 272 g/mol. The number of piperidine rings is 1. The van der Waals surface area contributed by atoms with Crippen LogP contribution < -0.4 is 10.6 Å². The molecule has 0 bridgehead atoms. The molecule has 1 aliphatic rings. The molecule has 1 amide bonds. The Hall–Kier alpha value is -0.770. The normalized spacial score (nSPS) is 20.1. The minimum absolute atomic E-state index is 0.0707. The minimum atomic E-state index is -0.115. The van der Waals surface area contributed by atoms with Crippen molar-refractivity contribution in [2.45, 2.75) is 25.4 Å². The molecule has 0 aliphatic carbocycles. The summed E-state index contributed by atoms with van der Waals surface area (Å²) in [5.41, 5.74) is 0.953. The van der Waals surface area contributed by atoms with Gasteiger partial charge >= 0.3 is 0 Å². The van der Waals surface area contributed by atoms with Gasteiger partial charge in [0.15, 0.2) is 0 Å². The van der Waals surface area contributed by atoms with Crippen LogP contribution in [0.4, 0.5) is 0 Å². The maximum Gasteiger partial charge on any atom is 0.237 e. The van der Waals surface area contributed by atoms with Crippen LogP contribution in [0.25, 0.3) is 0 Å². The number of hydrogen-bond acceptors (Lipinski definition) is 2. The molecule has 2 rings (SSSR count). The predicted octanol–water partition coefficient (Wildman–Crippen LogP) is 2.36. The lowest BCUT2D eigenvalue weighted by Gasteiger charge is -2.23. The third-order valence-corrected chi connectivity index (χ3v) is 3.43. The van der Waals surface area contributed by atoms with Crippen LogP contribution in [0.2, 0.25) is 10.0 Å². The highest BCUT2D eigenvalue weighted by Gasteiger charge is 2.21. The van der Waals surface area contributed by atoms with Crippen LogP contribution in [0, 0.1) is 0 Å². The zero-order valence-electron chi connectivity index (χ0n) is 9.30. The Bertz CT molecular complexity index is 423. The molecule has 0 saturated carbocycles. The fraction of sp³-hybridized carbons (Fsp3) is 0.417. The molecule has 1 aliphatic heterocycles. The fourth-order valence-corrected chi connectivity index (χ4v) is 2.34. The van der Waals surface area contributed by atoms with Gasteiger partial charge in [-0.25, -0.2) is 0 Å². The molecule has 1 unspecified atom stereocenters. The number of halogens is 2. The average Bonchev–Trinajstić information content (AvgIpc) is 2.30. The molecular weight excluding hydrogens is 259 g/mol. The summed E-state index contributed by atoms with van der Waals surface area (Å²) in [4.78, 5) is 11.5. The molecule has 2 N–H and O–H groups in total. The molecule has 1 aromatic carbocycles. The number of benzene rings is 1. The molecule has 0 aromatic heterocycles. The molecule has 5 heteroatoms. The average molecular weight is 273 g/mol. The van der Waals surface area contributed by atoms with Crippen LogP contribution in [0.5, 0.6) is 0 Å². The van der Waals surface area contributed by atoms with Crippen molar-refractivity contribution in [3.8, 4) is 0 Å². The van der Waals surface area contributed by atoms with Gasteiger partial charge in [-0.2, -0.15) is 0 Å². The molecule has 1 fully saturated rings. The summed E-state index contributed by atoms with van der Waals surface area (Å²) in [6, 6.07) is 5.26. The van der Waals surface area contributed by atoms with E-state index in [1.54, 1.807) is 12.1 Å². The molecule has 0 radical (unpaired) electrons. The molecule has 17 heavy (non-hydrogen) atoms. The Balaban J connectivity index is 1.95. The number of amides is 1. The first-order chi connectivity index (χ1) is 8.16. The fourth-order valence-electron chi connectivity index (χ4n) is 1.87. The van der Waals surface area contributed by atoms with Gasteiger partial charge in [-0.1, -0.05) is 29.3 Å². The van der Waals surface area contributed by atoms with Crippen molar-refractivity contribution in [3.05, 3.63) is 33.8 Å². The van der Waals surface area contributed by atoms with E-state index in [1.807, 2.05) is 6.07 Å². The van der Waals surface area contributed by atoms with Crippen molar-refractivity contribution in [1.82, 2.24) is 10.6 Å². The van der Waals surface area contributed by atoms with E-state index in [2.05, 4.69) is 10.6 Å². The summed E-state index contributed by atoms with van der Waals surface area (Å²) in [7, 11) is 0. The first-order valence-electron chi connectivity index (χ1n) is 5.62. The molecule has 1 aromatic rings. The van der Waals surface area contributed by atoms with Gasteiger partial charge in [0.05, 0.1) is 6.04 Å². The van der Waals surface area contributed by atoms with Crippen molar-refractivity contribution in [2.75, 3.05) is 6.54 Å². The number of nitrogens with one attached hydrogen (secondary N) is 2. The maximum atomic E-state index is 11.5. The van der Waals surface area contributed by atoms with Gasteiger partial charge in [0.25, 0.3) is 0 Å². The number of hydrogen-bond donors (Lipinski definition) is 2. The van der Waals surface area contributed by atoms with Crippen LogP contribution >= 0.6 is 23.2 Å². The Labute approximate surface area is 110 Å². The van der Waals surface area contributed by atoms with Crippen molar-refractivity contribution < 1.29 is 4.79 Å². The van der Waals surface area contributed by atoms with E-state index < -0.39 is 0 Å². The van der Waals surface area contributed by atoms with Crippen molar-refractivity contribution in [1.29, 1.82) is 0 Å². The van der Waals surface area contributed by atoms with Crippen LogP contribution in [-0.2, 0) is 11.3 Å². The van der Waals surface area contributed by atoms with E-state index >= 15 is 0 Å². The van der Waals surface area contributed by atoms with E-state index in [4.69, 9.17) is 23.2 Å². The standard InChI is InChI=1S/C12H14Cl2N2O/c13-9-4-3-8(10(14)6-9)7-16-11-2-1-5-15-12(11)17/h3-4,6,11,16H,1-2,5,7H2,(H,15,17). The summed E-state index contributed by atoms with van der Waals surface area (Å²) < 4.78 is 0. The zero-order valence-corrected chi connectivity index (χ0v) is 10.8. The second-order valence-electron chi connectivity index (χ2n) is 4.10. The first kappa shape index (κ1) is 12.7. The third kappa shape index (κ3) is 3.35. The number of carbonyl (C=O) groups excluding carboxylic acids is 1. The van der Waals surface area contributed by atoms with Gasteiger partial charge in [0.1, 0.15) is 0 Å². The molecule has 3 nitrogen and oxygen atoms in total. The summed E-state index contributed by atoms with van der Waals surface area (Å²) in [5.74, 6) is 0.0707. The van der Waals surface area contributed by atoms with Crippen LogP contribution in [0.3, 0.4) is 0 Å². The Morgan fingerprint density at radius 2 is 2.24 bits per heavy atom. The second kappa shape index (κ2) is 5.71. The lowest BCUT2D eigenvalue weighted by Crippen LogP contribution is -2.47. The van der Waals surface area contributed by atoms with Crippen molar-refractivity contribution >= 4 is 29.1 Å². The quantitative estimate of drug-likeness (QED) is 0.887. The lowest BCUT2D eigenvalue weighted by molar-refractivity contribution is -0.124. The summed E-state index contributed by atoms with van der Waals surface area (Å²) in [5, 5.41) is 7.29. The highest BCUT2D eigenvalue weighted by molar-refractivity contribution is 6.35. The van der Waals surface area contributed by atoms with E-state index in [1.165, 1.54) is 0 Å². The van der Waals surface area contributed by atoms with E-state index in [0.29, 0.717) is 16.6 Å². The Morgan fingerprint density at radius 1 is 1.41 bits per heavy atom. The predicted molar refractivity (Wildman–Crippen MR) is 69.3 cm³/mol. The topological polar surface area (TPSA) is 41.1 Å². The summed E-state index contributed by atoms with van der Waals surface area (Å²) >= 11 is 11.9. The third-order valence-electron chi connectivity index (χ3n) is 2.84. The molecule has 92 valence electrons. The van der Waals surface area contributed by atoms with Crippen LogP contribution in [0.1, 0.15) is 18.4 Å². The molecule has 1 saturated heterocycles. The number of carbonyl (C=O) groups is 1. The first-order valence-corrected chi connectivity index (χ1v) is 6.37. The van der Waals surface area contributed by atoms with Gasteiger partial charge in [0.2, 0.25) is 5.91 Å². The zero-order chi connectivity index (χ0) is 12.3. The molecule has 1 atom stereocenters. The van der Waals surface area contributed by atoms with Crippen molar-refractivity contribution in [2.24, 2.45) is 0 Å². The highest BCUT2D eigenvalue weighted by atomic mass is 35.5. The SMILES string of the molecule is O=C1NCCCC1NCc1ccc(Cl)cc1Cl. The van der Waals surface area contributed by atoms with E-state index in [0.717, 1.165) is 24.9 Å². The van der Waals surface area contributed by atoms with Gasteiger partial charge < -0.3 is 10.6 Å². The largest absolute Gasteiger partial charge is 0.355 e. The van der Waals surface area contributed by atoms with Crippen molar-refractivity contribution in [3.63, 3.8) is 0 Å². The lowest BCUT2D eigenvalue weighted by atomic mass is 10.1. The second-order valence-corrected chi connectivity index (χ2v) is 4.95. The maximum absolute atomic E-state index is 11.5. The smallest absolute Gasteiger partial charge is 0.237 e. The minimum Gasteiger partial charge on any atom is -0.355 e. The van der Waals surface area contributed by atoms with Crippen LogP contribution in [-0.4, -0.2) is 18.5 Å². The van der Waals surface area contributed by atoms with Gasteiger partial charge in [-0.15, -0.1) is 0 Å². The summed E-state index contributed by atoms with van der Waals surface area (Å²) in [6.07, 6.45) is 1.88.